The molecule has 3 rings (SSSR count). The molecule has 0 amide bonds. The zero-order valence-corrected chi connectivity index (χ0v) is 13.1. The van der Waals surface area contributed by atoms with Crippen LogP contribution in [0.5, 0.6) is 0 Å². The Morgan fingerprint density at radius 2 is 1.95 bits per heavy atom. The maximum atomic E-state index is 6.07. The normalized spacial score (nSPS) is 11.3. The lowest BCUT2D eigenvalue weighted by Gasteiger charge is -2.07. The van der Waals surface area contributed by atoms with E-state index in [0.717, 1.165) is 27.8 Å². The van der Waals surface area contributed by atoms with Gasteiger partial charge < -0.3 is 5.73 Å². The van der Waals surface area contributed by atoms with Crippen molar-refractivity contribution < 1.29 is 0 Å². The summed E-state index contributed by atoms with van der Waals surface area (Å²) in [5.41, 5.74) is 10.1. The Kier molecular flexibility index (Phi) is 3.25. The first-order chi connectivity index (χ1) is 9.60. The third-order valence-corrected chi connectivity index (χ3v) is 3.94. The largest absolute Gasteiger partial charge is 0.369 e. The number of nitrogens with zero attached hydrogens (tertiary/aromatic N) is 4. The van der Waals surface area contributed by atoms with Crippen molar-refractivity contribution in [3.63, 3.8) is 0 Å². The number of halogens is 1. The van der Waals surface area contributed by atoms with Crippen molar-refractivity contribution in [2.45, 2.75) is 19.9 Å². The smallest absolute Gasteiger partial charge is 0.202 e. The van der Waals surface area contributed by atoms with E-state index in [4.69, 9.17) is 5.73 Å². The molecule has 0 fully saturated rings. The minimum absolute atomic E-state index is 0.533. The average Bonchev–Trinajstić information content (AvgIpc) is 2.91. The molecular formula is C14H16BrN5. The van der Waals surface area contributed by atoms with Crippen LogP contribution in [0.1, 0.15) is 18.2 Å². The van der Waals surface area contributed by atoms with Crippen molar-refractivity contribution >= 4 is 33.0 Å². The van der Waals surface area contributed by atoms with Gasteiger partial charge in [-0.15, -0.1) is 0 Å². The van der Waals surface area contributed by atoms with Crippen molar-refractivity contribution in [2.24, 2.45) is 7.05 Å². The lowest BCUT2D eigenvalue weighted by Crippen LogP contribution is -2.08. The Bertz CT molecular complexity index is 754. The first kappa shape index (κ1) is 13.2. The predicted molar refractivity (Wildman–Crippen MR) is 83.5 cm³/mol. The number of benzene rings is 1. The average molecular weight is 334 g/mol. The van der Waals surface area contributed by atoms with Gasteiger partial charge in [0.15, 0.2) is 5.65 Å². The molecule has 104 valence electrons. The monoisotopic (exact) mass is 333 g/mol. The Balaban J connectivity index is 2.09. The fourth-order valence-electron chi connectivity index (χ4n) is 2.43. The third kappa shape index (κ3) is 2.10. The zero-order chi connectivity index (χ0) is 14.3. The van der Waals surface area contributed by atoms with Crippen LogP contribution in [0.15, 0.2) is 28.7 Å². The Labute approximate surface area is 125 Å². The first-order valence-electron chi connectivity index (χ1n) is 6.52. The van der Waals surface area contributed by atoms with Crippen LogP contribution in [0.25, 0.3) is 11.2 Å². The van der Waals surface area contributed by atoms with E-state index >= 15 is 0 Å². The number of hydrogen-bond donors (Lipinski definition) is 1. The molecule has 0 aliphatic rings. The van der Waals surface area contributed by atoms with Gasteiger partial charge in [0.2, 0.25) is 5.95 Å². The molecule has 0 spiro atoms. The molecule has 0 radical (unpaired) electrons. The maximum Gasteiger partial charge on any atom is 0.202 e. The fourth-order valence-corrected chi connectivity index (χ4v) is 2.69. The van der Waals surface area contributed by atoms with Gasteiger partial charge in [0, 0.05) is 11.5 Å². The quantitative estimate of drug-likeness (QED) is 0.801. The van der Waals surface area contributed by atoms with Crippen LogP contribution in [-0.4, -0.2) is 19.3 Å². The number of aryl methyl sites for hydroxylation is 2. The van der Waals surface area contributed by atoms with E-state index in [1.165, 1.54) is 5.56 Å². The Hall–Kier alpha value is -1.82. The number of imidazole rings is 1. The van der Waals surface area contributed by atoms with Gasteiger partial charge in [0.1, 0.15) is 5.52 Å². The first-order valence-corrected chi connectivity index (χ1v) is 7.31. The van der Waals surface area contributed by atoms with Gasteiger partial charge in [0.05, 0.1) is 12.2 Å². The highest BCUT2D eigenvalue weighted by Gasteiger charge is 2.16. The number of rotatable bonds is 3. The van der Waals surface area contributed by atoms with Crippen LogP contribution in [0.4, 0.5) is 5.95 Å². The number of nitrogens with two attached hydrogens (primary N) is 1. The van der Waals surface area contributed by atoms with E-state index in [1.807, 2.05) is 28.4 Å². The van der Waals surface area contributed by atoms with E-state index < -0.39 is 0 Å². The predicted octanol–water partition coefficient (Wildman–Crippen LogP) is 2.73. The molecular weight excluding hydrogens is 318 g/mol. The van der Waals surface area contributed by atoms with E-state index in [2.05, 4.69) is 45.1 Å². The SMILES string of the molecule is CCc1nn(C)c2c1nc(N)n2Cc1ccc(Br)cc1. The summed E-state index contributed by atoms with van der Waals surface area (Å²) in [6.07, 6.45) is 0.853. The summed E-state index contributed by atoms with van der Waals surface area (Å²) in [7, 11) is 1.93. The van der Waals surface area contributed by atoms with Crippen molar-refractivity contribution in [1.29, 1.82) is 0 Å². The van der Waals surface area contributed by atoms with Crippen LogP contribution in [0.2, 0.25) is 0 Å². The van der Waals surface area contributed by atoms with Gasteiger partial charge in [0.25, 0.3) is 0 Å². The topological polar surface area (TPSA) is 61.7 Å². The zero-order valence-electron chi connectivity index (χ0n) is 11.5. The number of hydrogen-bond acceptors (Lipinski definition) is 3. The Morgan fingerprint density at radius 1 is 1.25 bits per heavy atom. The molecule has 0 bridgehead atoms. The van der Waals surface area contributed by atoms with E-state index in [-0.39, 0.29) is 0 Å². The highest BCUT2D eigenvalue weighted by Crippen LogP contribution is 2.22. The van der Waals surface area contributed by atoms with Gasteiger partial charge >= 0.3 is 0 Å². The molecule has 2 heterocycles. The molecule has 2 aromatic heterocycles. The molecule has 0 unspecified atom stereocenters. The molecule has 3 aromatic rings. The summed E-state index contributed by atoms with van der Waals surface area (Å²) in [5.74, 6) is 0.533. The van der Waals surface area contributed by atoms with Crippen LogP contribution in [0.3, 0.4) is 0 Å². The van der Waals surface area contributed by atoms with Crippen molar-refractivity contribution in [2.75, 3.05) is 5.73 Å². The molecule has 0 aliphatic heterocycles. The summed E-state index contributed by atoms with van der Waals surface area (Å²) in [5, 5.41) is 4.50. The minimum atomic E-state index is 0.533. The van der Waals surface area contributed by atoms with Gasteiger partial charge in [-0.25, -0.2) is 4.98 Å². The summed E-state index contributed by atoms with van der Waals surface area (Å²) in [6, 6.07) is 8.21. The fraction of sp³-hybridized carbons (Fsp3) is 0.286. The molecule has 0 atom stereocenters. The number of anilines is 1. The molecule has 0 aliphatic carbocycles. The van der Waals surface area contributed by atoms with Crippen molar-refractivity contribution in [3.05, 3.63) is 40.0 Å². The summed E-state index contributed by atoms with van der Waals surface area (Å²) in [4.78, 5) is 4.47. The van der Waals surface area contributed by atoms with Crippen LogP contribution in [0, 0.1) is 0 Å². The maximum absolute atomic E-state index is 6.07. The standard InChI is InChI=1S/C14H16BrN5/c1-3-11-12-13(19(2)18-11)20(14(16)17-12)8-9-4-6-10(15)7-5-9/h4-7H,3,8H2,1-2H3,(H2,16,17). The second-order valence-corrected chi connectivity index (χ2v) is 5.69. The number of nitrogen functional groups attached to an aromatic ring is 1. The summed E-state index contributed by atoms with van der Waals surface area (Å²) < 4.78 is 4.93. The molecule has 5 nitrogen and oxygen atoms in total. The van der Waals surface area contributed by atoms with Crippen LogP contribution >= 0.6 is 15.9 Å². The molecule has 2 N–H and O–H groups in total. The van der Waals surface area contributed by atoms with Crippen LogP contribution in [-0.2, 0) is 20.0 Å². The van der Waals surface area contributed by atoms with E-state index in [1.54, 1.807) is 0 Å². The summed E-state index contributed by atoms with van der Waals surface area (Å²) in [6.45, 7) is 2.77. The Morgan fingerprint density at radius 3 is 2.60 bits per heavy atom. The molecule has 0 saturated carbocycles. The third-order valence-electron chi connectivity index (χ3n) is 3.41. The summed E-state index contributed by atoms with van der Waals surface area (Å²) >= 11 is 3.44. The number of fused-ring (bicyclic) bond motifs is 1. The minimum Gasteiger partial charge on any atom is -0.369 e. The van der Waals surface area contributed by atoms with Crippen molar-refractivity contribution in [3.8, 4) is 0 Å². The van der Waals surface area contributed by atoms with Crippen molar-refractivity contribution in [1.82, 2.24) is 19.3 Å². The highest BCUT2D eigenvalue weighted by molar-refractivity contribution is 9.10. The van der Waals surface area contributed by atoms with E-state index in [0.29, 0.717) is 12.5 Å². The second-order valence-electron chi connectivity index (χ2n) is 4.78. The number of aromatic nitrogens is 4. The highest BCUT2D eigenvalue weighted by atomic mass is 79.9. The molecule has 1 aromatic carbocycles. The van der Waals surface area contributed by atoms with Gasteiger partial charge in [-0.3, -0.25) is 9.25 Å². The molecule has 0 saturated heterocycles. The van der Waals surface area contributed by atoms with E-state index in [9.17, 15) is 0 Å². The lowest BCUT2D eigenvalue weighted by molar-refractivity contribution is 0.719. The van der Waals surface area contributed by atoms with Gasteiger partial charge in [-0.2, -0.15) is 5.10 Å². The molecule has 6 heteroatoms. The molecule has 20 heavy (non-hydrogen) atoms. The lowest BCUT2D eigenvalue weighted by atomic mass is 10.2. The van der Waals surface area contributed by atoms with Crippen LogP contribution < -0.4 is 5.73 Å². The van der Waals surface area contributed by atoms with Gasteiger partial charge in [-0.1, -0.05) is 35.0 Å². The second kappa shape index (κ2) is 4.94. The van der Waals surface area contributed by atoms with Gasteiger partial charge in [-0.05, 0) is 24.1 Å².